The van der Waals surface area contributed by atoms with Gasteiger partial charge in [-0.15, -0.1) is 0 Å². The van der Waals surface area contributed by atoms with E-state index in [1.807, 2.05) is 54.6 Å². The van der Waals surface area contributed by atoms with Gasteiger partial charge in [-0.3, -0.25) is 24.0 Å². The third kappa shape index (κ3) is 10.3. The zero-order valence-electron chi connectivity index (χ0n) is 29.0. The Kier molecular flexibility index (Phi) is 13.0. The molecule has 12 nitrogen and oxygen atoms in total. The first-order valence-corrected chi connectivity index (χ1v) is 17.6. The van der Waals surface area contributed by atoms with Crippen molar-refractivity contribution in [1.29, 1.82) is 0 Å². The Hall–Kier alpha value is -5.39. The van der Waals surface area contributed by atoms with E-state index in [9.17, 15) is 24.0 Å². The summed E-state index contributed by atoms with van der Waals surface area (Å²) in [6, 6.07) is 21.4. The van der Waals surface area contributed by atoms with Crippen molar-refractivity contribution in [3.63, 3.8) is 0 Å². The number of hydrogen-bond acceptors (Lipinski definition) is 7. The summed E-state index contributed by atoms with van der Waals surface area (Å²) in [6.45, 7) is 0.728. The van der Waals surface area contributed by atoms with E-state index < -0.39 is 47.7 Å². The fourth-order valence-corrected chi connectivity index (χ4v) is 6.48. The maximum absolute atomic E-state index is 14.1. The summed E-state index contributed by atoms with van der Waals surface area (Å²) in [6.07, 6.45) is 3.85. The number of fused-ring (bicyclic) bond motifs is 1. The number of para-hydroxylation sites is 1. The van der Waals surface area contributed by atoms with Crippen LogP contribution in [0.3, 0.4) is 0 Å². The molecule has 3 aromatic carbocycles. The van der Waals surface area contributed by atoms with Gasteiger partial charge in [0.1, 0.15) is 29.1 Å². The normalized spacial score (nSPS) is 20.2. The van der Waals surface area contributed by atoms with Crippen LogP contribution >= 0.6 is 0 Å². The summed E-state index contributed by atoms with van der Waals surface area (Å²) >= 11 is 0. The third-order valence-corrected chi connectivity index (χ3v) is 9.32. The zero-order valence-corrected chi connectivity index (χ0v) is 29.0. The molecular weight excluding hydrogens is 650 g/mol. The van der Waals surface area contributed by atoms with Crippen LogP contribution in [-0.2, 0) is 32.0 Å². The number of methoxy groups -OCH3 is 1. The number of amides is 5. The molecule has 270 valence electrons. The topological polar surface area (TPSA) is 164 Å². The molecule has 2 atom stereocenters. The molecule has 0 aromatic heterocycles. The summed E-state index contributed by atoms with van der Waals surface area (Å²) in [5, 5.41) is 14.4. The predicted octanol–water partition coefficient (Wildman–Crippen LogP) is 2.99. The first-order chi connectivity index (χ1) is 24.8. The molecule has 1 heterocycles. The highest BCUT2D eigenvalue weighted by Crippen LogP contribution is 2.29. The number of ether oxygens (including phenoxy) is 2. The number of carbonyl (C=O) groups excluding carboxylic acids is 5. The SMILES string of the molecule is COc1ccc(CCNC(=O)[C@@H]2CC(=O)NC3(CCCCC3)C(=O)N[C@@H](Cc3ccccc3)C(=O)NCCCOc3ccccc3C(=O)N2)cc1. The number of hydrogen-bond donors (Lipinski definition) is 5. The van der Waals surface area contributed by atoms with Crippen LogP contribution in [0, 0.1) is 0 Å². The van der Waals surface area contributed by atoms with Crippen molar-refractivity contribution < 1.29 is 33.4 Å². The van der Waals surface area contributed by atoms with E-state index in [4.69, 9.17) is 9.47 Å². The first-order valence-electron chi connectivity index (χ1n) is 17.6. The number of carbonyl (C=O) groups is 5. The zero-order chi connectivity index (χ0) is 36.1. The monoisotopic (exact) mass is 697 g/mol. The standard InChI is InChI=1S/C39H47N5O7/c1-50-29-17-15-27(16-18-29)19-23-41-37(48)32-26-34(45)44-39(20-8-3-9-21-39)38(49)43-31(25-28-11-4-2-5-12-28)36(47)40-22-10-24-51-33-14-7-6-13-30(33)35(46)42-32/h2,4-7,11-18,31-32H,3,8-10,19-26H2,1H3,(H,40,47)(H,41,48)(H,42,46)(H,43,49)(H,44,45)/t31-,32-/m0/s1. The molecule has 5 amide bonds. The molecule has 1 saturated carbocycles. The molecule has 1 spiro atoms. The molecular formula is C39H47N5O7. The molecule has 1 fully saturated rings. The van der Waals surface area contributed by atoms with Gasteiger partial charge in [-0.25, -0.2) is 0 Å². The Labute approximate surface area is 298 Å². The lowest BCUT2D eigenvalue weighted by Crippen LogP contribution is -2.63. The van der Waals surface area contributed by atoms with Gasteiger partial charge in [0.15, 0.2) is 0 Å². The molecule has 3 aromatic rings. The minimum absolute atomic E-state index is 0.196. The summed E-state index contributed by atoms with van der Waals surface area (Å²) in [5.74, 6) is -1.47. The molecule has 0 radical (unpaired) electrons. The lowest BCUT2D eigenvalue weighted by Gasteiger charge is -2.38. The highest BCUT2D eigenvalue weighted by atomic mass is 16.5. The van der Waals surface area contributed by atoms with Gasteiger partial charge >= 0.3 is 0 Å². The Morgan fingerprint density at radius 1 is 0.863 bits per heavy atom. The minimum atomic E-state index is -1.28. The molecule has 2 aliphatic rings. The number of benzene rings is 3. The quantitative estimate of drug-likeness (QED) is 0.254. The highest BCUT2D eigenvalue weighted by molar-refractivity contribution is 6.01. The van der Waals surface area contributed by atoms with Crippen molar-refractivity contribution in [2.24, 2.45) is 0 Å². The summed E-state index contributed by atoms with van der Waals surface area (Å²) in [4.78, 5) is 68.7. The van der Waals surface area contributed by atoms with Crippen molar-refractivity contribution in [3.05, 3.63) is 95.6 Å². The molecule has 0 bridgehead atoms. The van der Waals surface area contributed by atoms with Crippen molar-refractivity contribution in [2.75, 3.05) is 26.8 Å². The lowest BCUT2D eigenvalue weighted by molar-refractivity contribution is -0.138. The number of nitrogens with one attached hydrogen (secondary N) is 5. The fourth-order valence-electron chi connectivity index (χ4n) is 6.48. The summed E-state index contributed by atoms with van der Waals surface area (Å²) < 4.78 is 11.1. The Balaban J connectivity index is 1.39. The van der Waals surface area contributed by atoms with Crippen LogP contribution in [0.5, 0.6) is 11.5 Å². The van der Waals surface area contributed by atoms with E-state index in [-0.39, 0.29) is 37.6 Å². The summed E-state index contributed by atoms with van der Waals surface area (Å²) in [5.41, 5.74) is 0.761. The van der Waals surface area contributed by atoms with E-state index in [0.717, 1.165) is 23.3 Å². The summed E-state index contributed by atoms with van der Waals surface area (Å²) in [7, 11) is 1.59. The van der Waals surface area contributed by atoms with Crippen LogP contribution in [0.4, 0.5) is 0 Å². The second-order valence-electron chi connectivity index (χ2n) is 13.0. The van der Waals surface area contributed by atoms with Gasteiger partial charge in [-0.2, -0.15) is 0 Å². The van der Waals surface area contributed by atoms with E-state index in [2.05, 4.69) is 26.6 Å². The molecule has 5 N–H and O–H groups in total. The molecule has 0 unspecified atom stereocenters. The van der Waals surface area contributed by atoms with Crippen LogP contribution in [0.2, 0.25) is 0 Å². The van der Waals surface area contributed by atoms with Gasteiger partial charge in [0.25, 0.3) is 5.91 Å². The number of rotatable bonds is 7. The second kappa shape index (κ2) is 18.0. The maximum atomic E-state index is 14.1. The van der Waals surface area contributed by atoms with Crippen LogP contribution in [0.15, 0.2) is 78.9 Å². The van der Waals surface area contributed by atoms with E-state index in [1.165, 1.54) is 0 Å². The average molecular weight is 698 g/mol. The molecule has 1 aliphatic heterocycles. The van der Waals surface area contributed by atoms with Gasteiger partial charge in [0.2, 0.25) is 23.6 Å². The lowest BCUT2D eigenvalue weighted by atomic mass is 9.80. The Bertz CT molecular complexity index is 1660. The molecule has 51 heavy (non-hydrogen) atoms. The molecule has 1 aliphatic carbocycles. The van der Waals surface area contributed by atoms with Crippen molar-refractivity contribution >= 4 is 29.5 Å². The van der Waals surface area contributed by atoms with E-state index in [0.29, 0.717) is 44.3 Å². The molecule has 5 rings (SSSR count). The van der Waals surface area contributed by atoms with Gasteiger partial charge in [0, 0.05) is 19.5 Å². The van der Waals surface area contributed by atoms with Crippen LogP contribution in [0.1, 0.15) is 66.4 Å². The van der Waals surface area contributed by atoms with Gasteiger partial charge < -0.3 is 36.1 Å². The molecule has 0 saturated heterocycles. The fraction of sp³-hybridized carbons (Fsp3) is 0.410. The highest BCUT2D eigenvalue weighted by Gasteiger charge is 2.43. The smallest absolute Gasteiger partial charge is 0.255 e. The van der Waals surface area contributed by atoms with Gasteiger partial charge in [-0.1, -0.05) is 73.9 Å². The van der Waals surface area contributed by atoms with Crippen LogP contribution in [0.25, 0.3) is 0 Å². The van der Waals surface area contributed by atoms with E-state index in [1.54, 1.807) is 31.4 Å². The Morgan fingerprint density at radius 3 is 2.33 bits per heavy atom. The average Bonchev–Trinajstić information content (AvgIpc) is 3.14. The maximum Gasteiger partial charge on any atom is 0.255 e. The van der Waals surface area contributed by atoms with Gasteiger partial charge in [-0.05, 0) is 61.1 Å². The van der Waals surface area contributed by atoms with Crippen LogP contribution < -0.4 is 36.1 Å². The predicted molar refractivity (Wildman–Crippen MR) is 191 cm³/mol. The largest absolute Gasteiger partial charge is 0.497 e. The van der Waals surface area contributed by atoms with Crippen molar-refractivity contribution in [1.82, 2.24) is 26.6 Å². The minimum Gasteiger partial charge on any atom is -0.497 e. The van der Waals surface area contributed by atoms with Gasteiger partial charge in [0.05, 0.1) is 25.7 Å². The van der Waals surface area contributed by atoms with Crippen molar-refractivity contribution in [3.8, 4) is 11.5 Å². The van der Waals surface area contributed by atoms with E-state index >= 15 is 0 Å². The Morgan fingerprint density at radius 2 is 1.59 bits per heavy atom. The molecule has 12 heteroatoms. The first kappa shape index (κ1) is 36.9. The third-order valence-electron chi connectivity index (χ3n) is 9.32. The second-order valence-corrected chi connectivity index (χ2v) is 13.0. The van der Waals surface area contributed by atoms with Crippen LogP contribution in [-0.4, -0.2) is 74.0 Å². The van der Waals surface area contributed by atoms with Crippen molar-refractivity contribution in [2.45, 2.75) is 75.4 Å².